The molecule has 3 N–H and O–H groups in total. The van der Waals surface area contributed by atoms with Gasteiger partial charge in [-0.15, -0.1) is 0 Å². The summed E-state index contributed by atoms with van der Waals surface area (Å²) < 4.78 is 44.6. The predicted octanol–water partition coefficient (Wildman–Crippen LogP) is 1.87. The molecule has 0 saturated heterocycles. The molecular formula is C21H25ClN8O6S. The molecule has 3 rings (SSSR count). The van der Waals surface area contributed by atoms with Crippen LogP contribution in [0, 0.1) is 6.92 Å². The number of carbonyl (C=O) groups excluding carboxylic acids is 1. The van der Waals surface area contributed by atoms with E-state index in [-0.39, 0.29) is 29.0 Å². The Morgan fingerprint density at radius 2 is 1.68 bits per heavy atom. The van der Waals surface area contributed by atoms with Crippen LogP contribution in [0.25, 0.3) is 0 Å². The van der Waals surface area contributed by atoms with E-state index in [0.717, 1.165) is 0 Å². The molecule has 2 atom stereocenters. The number of ether oxygens (including phenoxy) is 2. The summed E-state index contributed by atoms with van der Waals surface area (Å²) in [4.78, 5) is 32.8. The molecule has 0 fully saturated rings. The van der Waals surface area contributed by atoms with Gasteiger partial charge >= 0.3 is 5.91 Å². The van der Waals surface area contributed by atoms with Crippen LogP contribution in [0.4, 0.5) is 5.69 Å². The first kappa shape index (κ1) is 27.6. The van der Waals surface area contributed by atoms with E-state index < -0.39 is 33.1 Å². The fourth-order valence-corrected chi connectivity index (χ4v) is 4.24. The van der Waals surface area contributed by atoms with Crippen LogP contribution in [-0.4, -0.2) is 59.7 Å². The van der Waals surface area contributed by atoms with Crippen LogP contribution in [-0.2, 0) is 10.0 Å². The molecule has 0 radical (unpaired) electrons. The Morgan fingerprint density at radius 3 is 2.22 bits per heavy atom. The molecule has 0 aromatic carbocycles. The summed E-state index contributed by atoms with van der Waals surface area (Å²) in [5.41, 5.74) is 4.76. The van der Waals surface area contributed by atoms with Gasteiger partial charge in [0.2, 0.25) is 27.7 Å². The number of nitrogens with zero attached hydrogens (tertiary/aromatic N) is 5. The molecule has 198 valence electrons. The number of sulfonamides is 1. The largest absolute Gasteiger partial charge is 0.479 e. The lowest BCUT2D eigenvalue weighted by atomic mass is 10.1. The Labute approximate surface area is 217 Å². The number of carbonyl (C=O) groups is 1. The lowest BCUT2D eigenvalue weighted by Crippen LogP contribution is -2.51. The maximum atomic E-state index is 13.3. The summed E-state index contributed by atoms with van der Waals surface area (Å²) in [6.07, 6.45) is 3.94. The van der Waals surface area contributed by atoms with E-state index in [0.29, 0.717) is 10.8 Å². The average molecular weight is 553 g/mol. The highest BCUT2D eigenvalue weighted by Gasteiger charge is 2.31. The van der Waals surface area contributed by atoms with Crippen LogP contribution >= 0.6 is 11.6 Å². The lowest BCUT2D eigenvalue weighted by Gasteiger charge is -2.21. The summed E-state index contributed by atoms with van der Waals surface area (Å²) in [5, 5.41) is -0.724. The zero-order valence-electron chi connectivity index (χ0n) is 20.5. The molecular weight excluding hydrogens is 528 g/mol. The smallest absolute Gasteiger partial charge is 0.305 e. The number of aromatic nitrogens is 4. The number of hydrogen-bond acceptors (Lipinski definition) is 11. The minimum absolute atomic E-state index is 0.00526. The summed E-state index contributed by atoms with van der Waals surface area (Å²) in [6, 6.07) is 3.06. The molecule has 1 amide bonds. The molecule has 0 saturated carbocycles. The monoisotopic (exact) mass is 552 g/mol. The van der Waals surface area contributed by atoms with Crippen molar-refractivity contribution in [3.63, 3.8) is 0 Å². The third-order valence-corrected chi connectivity index (χ3v) is 7.16. The van der Waals surface area contributed by atoms with Gasteiger partial charge in [-0.1, -0.05) is 18.5 Å². The van der Waals surface area contributed by atoms with Crippen molar-refractivity contribution >= 4 is 39.2 Å². The average Bonchev–Trinajstić information content (AvgIpc) is 3.32. The predicted molar refractivity (Wildman–Crippen MR) is 133 cm³/mol. The second-order valence-corrected chi connectivity index (χ2v) is 10.1. The molecule has 3 aromatic heterocycles. The van der Waals surface area contributed by atoms with Gasteiger partial charge in [0.05, 0.1) is 24.5 Å². The fraction of sp³-hybridized carbons (Fsp3) is 0.333. The van der Waals surface area contributed by atoms with Crippen molar-refractivity contribution in [1.29, 1.82) is 0 Å². The highest BCUT2D eigenvalue weighted by atomic mass is 35.5. The van der Waals surface area contributed by atoms with Gasteiger partial charge in [-0.05, 0) is 26.0 Å². The Balaban J connectivity index is 1.93. The first-order valence-electron chi connectivity index (χ1n) is 10.7. The summed E-state index contributed by atoms with van der Waals surface area (Å²) in [6.45, 7) is 4.79. The maximum Gasteiger partial charge on any atom is 0.305 e. The topological polar surface area (TPSA) is 183 Å². The van der Waals surface area contributed by atoms with E-state index in [1.807, 2.05) is 0 Å². The molecule has 2 unspecified atom stereocenters. The second-order valence-electron chi connectivity index (χ2n) is 7.59. The van der Waals surface area contributed by atoms with E-state index in [2.05, 4.69) is 40.5 Å². The van der Waals surface area contributed by atoms with Crippen LogP contribution in [0.3, 0.4) is 0 Å². The van der Waals surface area contributed by atoms with Crippen molar-refractivity contribution in [3.8, 4) is 11.8 Å². The minimum Gasteiger partial charge on any atom is -0.479 e. The van der Waals surface area contributed by atoms with E-state index in [1.54, 1.807) is 19.9 Å². The van der Waals surface area contributed by atoms with Crippen LogP contribution < -0.4 is 25.0 Å². The number of nitrogens with one attached hydrogen (secondary N) is 3. The maximum absolute atomic E-state index is 13.3. The van der Waals surface area contributed by atoms with Gasteiger partial charge in [-0.25, -0.2) is 23.4 Å². The number of methoxy groups -OCH3 is 2. The van der Waals surface area contributed by atoms with Gasteiger partial charge in [-0.3, -0.25) is 20.4 Å². The molecule has 3 aromatic rings. The highest BCUT2D eigenvalue weighted by molar-refractivity contribution is 7.90. The zero-order valence-corrected chi connectivity index (χ0v) is 22.1. The van der Waals surface area contributed by atoms with Crippen LogP contribution in [0.1, 0.15) is 41.9 Å². The summed E-state index contributed by atoms with van der Waals surface area (Å²) in [7, 11) is -1.45. The van der Waals surface area contributed by atoms with E-state index in [4.69, 9.17) is 25.5 Å². The molecule has 16 heteroatoms. The number of rotatable bonds is 8. The number of halogens is 1. The fourth-order valence-electron chi connectivity index (χ4n) is 2.93. The van der Waals surface area contributed by atoms with Crippen molar-refractivity contribution in [1.82, 2.24) is 35.5 Å². The number of amides is 1. The third-order valence-electron chi connectivity index (χ3n) is 5.10. The quantitative estimate of drug-likeness (QED) is 0.210. The first-order valence-corrected chi connectivity index (χ1v) is 12.6. The molecule has 37 heavy (non-hydrogen) atoms. The molecule has 0 bridgehead atoms. The number of hydrogen-bond donors (Lipinski definition) is 3. The highest BCUT2D eigenvalue weighted by Crippen LogP contribution is 2.33. The van der Waals surface area contributed by atoms with Gasteiger partial charge in [0, 0.05) is 18.3 Å². The standard InChI is InChI=1S/C21H25ClN8O6S/c1-11-6-7-15(36-11)18(31)28-29-21(27-16-19(34-4)25-10-26-20(16)35-5)30-37(32,33)13(3)12(2)17-23-8-14(22)9-24-17/h6-10,12-13H,1-5H3,(H,28,31)(H2,27,29,30). The van der Waals surface area contributed by atoms with Gasteiger partial charge in [-0.2, -0.15) is 9.97 Å². The van der Waals surface area contributed by atoms with Crippen molar-refractivity contribution in [2.45, 2.75) is 31.9 Å². The number of guanidine groups is 1. The third kappa shape index (κ3) is 6.83. The van der Waals surface area contributed by atoms with E-state index in [1.165, 1.54) is 45.9 Å². The Hall–Kier alpha value is -3.98. The molecule has 14 nitrogen and oxygen atoms in total. The Morgan fingerprint density at radius 1 is 1.05 bits per heavy atom. The molecule has 0 aliphatic heterocycles. The number of furan rings is 1. The number of aliphatic imine (C=N–C) groups is 1. The van der Waals surface area contributed by atoms with Crippen molar-refractivity contribution in [3.05, 3.63) is 53.2 Å². The molecule has 3 heterocycles. The number of aryl methyl sites for hydroxylation is 1. The Kier molecular flexibility index (Phi) is 8.83. The SMILES string of the molecule is COc1ncnc(OC)c1/N=C(/NNC(=O)c1ccc(C)o1)NS(=O)(=O)C(C)C(C)c1ncc(Cl)cn1. The van der Waals surface area contributed by atoms with Crippen LogP contribution in [0.15, 0.2) is 40.3 Å². The van der Waals surface area contributed by atoms with Crippen molar-refractivity contribution in [2.75, 3.05) is 14.2 Å². The van der Waals surface area contributed by atoms with Crippen LogP contribution in [0.2, 0.25) is 5.02 Å². The molecule has 0 aliphatic rings. The zero-order chi connectivity index (χ0) is 27.2. The van der Waals surface area contributed by atoms with Crippen LogP contribution in [0.5, 0.6) is 11.8 Å². The Bertz CT molecular complexity index is 1360. The summed E-state index contributed by atoms with van der Waals surface area (Å²) >= 11 is 5.84. The lowest BCUT2D eigenvalue weighted by molar-refractivity contribution is 0.0914. The molecule has 0 aliphatic carbocycles. The van der Waals surface area contributed by atoms with Gasteiger partial charge in [0.15, 0.2) is 11.4 Å². The van der Waals surface area contributed by atoms with Gasteiger partial charge in [0.1, 0.15) is 17.9 Å². The summed E-state index contributed by atoms with van der Waals surface area (Å²) in [5.74, 6) is -0.951. The van der Waals surface area contributed by atoms with Crippen molar-refractivity contribution < 1.29 is 27.1 Å². The normalized spacial score (nSPS) is 13.4. The van der Waals surface area contributed by atoms with E-state index in [9.17, 15) is 13.2 Å². The van der Waals surface area contributed by atoms with Crippen molar-refractivity contribution in [2.24, 2.45) is 4.99 Å². The first-order chi connectivity index (χ1) is 17.6. The second kappa shape index (κ2) is 11.8. The number of hydrazine groups is 1. The minimum atomic E-state index is -4.14. The molecule has 0 spiro atoms. The van der Waals surface area contributed by atoms with Gasteiger partial charge in [0.25, 0.3) is 0 Å². The van der Waals surface area contributed by atoms with E-state index >= 15 is 0 Å². The van der Waals surface area contributed by atoms with Gasteiger partial charge < -0.3 is 13.9 Å².